The Hall–Kier alpha value is -1.76. The Kier molecular flexibility index (Phi) is 2.28. The summed E-state index contributed by atoms with van der Waals surface area (Å²) in [6.07, 6.45) is 0. The predicted octanol–water partition coefficient (Wildman–Crippen LogP) is 3.43. The standard InChI is InChI=1S/C12H11N/c1-3-7-11(8-4-1)13-12-9-5-2-6-10-12/h1-10,13H/i1+1,2+1,3+1,4+1,5+1,6+1,7+1,8+1,9+1,10+1,11+1,12+1. The molecule has 2 aromatic rings. The van der Waals surface area contributed by atoms with Crippen molar-refractivity contribution in [3.63, 3.8) is 0 Å². The van der Waals surface area contributed by atoms with Gasteiger partial charge in [0.15, 0.2) is 0 Å². The van der Waals surface area contributed by atoms with Crippen LogP contribution in [0.3, 0.4) is 0 Å². The fourth-order valence-electron chi connectivity index (χ4n) is 1.21. The van der Waals surface area contributed by atoms with Crippen molar-refractivity contribution in [2.75, 3.05) is 5.32 Å². The van der Waals surface area contributed by atoms with Crippen LogP contribution in [0.1, 0.15) is 0 Å². The van der Waals surface area contributed by atoms with Gasteiger partial charge in [-0.25, -0.2) is 0 Å². The van der Waals surface area contributed by atoms with E-state index in [1.165, 1.54) is 0 Å². The number of rotatable bonds is 2. The highest BCUT2D eigenvalue weighted by Crippen LogP contribution is 2.14. The Bertz CT molecular complexity index is 316. The van der Waals surface area contributed by atoms with Crippen molar-refractivity contribution in [3.05, 3.63) is 60.7 Å². The van der Waals surface area contributed by atoms with E-state index in [9.17, 15) is 0 Å². The number of anilines is 2. The molecule has 0 aliphatic rings. The zero-order valence-corrected chi connectivity index (χ0v) is 7.27. The lowest BCUT2D eigenvalue weighted by Gasteiger charge is -2.04. The first-order valence-electron chi connectivity index (χ1n) is 4.32. The molecule has 1 N–H and O–H groups in total. The molecule has 0 aliphatic carbocycles. The SMILES string of the molecule is [13cH]1[13cH][13cH][13c](N[13c]2[13cH][13cH][13cH][13cH][13cH]2)[13cH][13cH]1. The van der Waals surface area contributed by atoms with Crippen LogP contribution in [0.15, 0.2) is 60.7 Å². The van der Waals surface area contributed by atoms with Gasteiger partial charge in [-0.15, -0.1) is 0 Å². The van der Waals surface area contributed by atoms with E-state index in [1.807, 2.05) is 60.7 Å². The lowest BCUT2D eigenvalue weighted by molar-refractivity contribution is 1.55. The van der Waals surface area contributed by atoms with E-state index in [0.29, 0.717) is 0 Å². The normalized spacial score (nSPS) is 9.54. The molecule has 0 bridgehead atoms. The summed E-state index contributed by atoms with van der Waals surface area (Å²) in [5.74, 6) is 0. The van der Waals surface area contributed by atoms with Crippen LogP contribution in [0.5, 0.6) is 0 Å². The Balaban J connectivity index is 2.16. The molecule has 1 nitrogen and oxygen atoms in total. The first kappa shape index (κ1) is 7.87. The first-order valence-corrected chi connectivity index (χ1v) is 4.32. The fraction of sp³-hybridized carbons (Fsp3) is 0. The molecule has 0 unspecified atom stereocenters. The molecule has 0 amide bonds. The van der Waals surface area contributed by atoms with Crippen LogP contribution in [0.2, 0.25) is 0 Å². The second-order valence-corrected chi connectivity index (χ2v) is 2.86. The predicted molar refractivity (Wildman–Crippen MR) is 56.2 cm³/mol. The monoisotopic (exact) mass is 181 g/mol. The van der Waals surface area contributed by atoms with Crippen molar-refractivity contribution < 1.29 is 0 Å². The van der Waals surface area contributed by atoms with Crippen LogP contribution in [0.25, 0.3) is 0 Å². The third-order valence-corrected chi connectivity index (χ3v) is 1.84. The summed E-state index contributed by atoms with van der Waals surface area (Å²) in [5.41, 5.74) is 2.24. The summed E-state index contributed by atoms with van der Waals surface area (Å²) in [5, 5.41) is 3.30. The van der Waals surface area contributed by atoms with Crippen LogP contribution < -0.4 is 5.32 Å². The second kappa shape index (κ2) is 3.76. The van der Waals surface area contributed by atoms with E-state index >= 15 is 0 Å². The van der Waals surface area contributed by atoms with Gasteiger partial charge in [0.05, 0.1) is 0 Å². The summed E-state index contributed by atoms with van der Waals surface area (Å²) >= 11 is 0. The van der Waals surface area contributed by atoms with Gasteiger partial charge in [0.25, 0.3) is 0 Å². The van der Waals surface area contributed by atoms with Crippen molar-refractivity contribution >= 4 is 11.4 Å². The maximum Gasteiger partial charge on any atom is 0.0384 e. The van der Waals surface area contributed by atoms with Gasteiger partial charge in [0.1, 0.15) is 0 Å². The van der Waals surface area contributed by atoms with Crippen molar-refractivity contribution in [2.45, 2.75) is 0 Å². The van der Waals surface area contributed by atoms with Gasteiger partial charge in [-0.05, 0) is 24.3 Å². The van der Waals surface area contributed by atoms with E-state index in [1.54, 1.807) is 0 Å². The topological polar surface area (TPSA) is 12.0 Å². The minimum Gasteiger partial charge on any atom is -0.356 e. The Labute approximate surface area is 78.0 Å². The zero-order valence-electron chi connectivity index (χ0n) is 7.27. The molecule has 0 atom stereocenters. The van der Waals surface area contributed by atoms with Crippen molar-refractivity contribution in [1.29, 1.82) is 0 Å². The Morgan fingerprint density at radius 2 is 0.923 bits per heavy atom. The lowest BCUT2D eigenvalue weighted by Crippen LogP contribution is -1.87. The minimum atomic E-state index is 1.12. The minimum absolute atomic E-state index is 1.12. The molecule has 0 spiro atoms. The average Bonchev–Trinajstić information content (AvgIpc) is 2.21. The molecule has 2 rings (SSSR count). The van der Waals surface area contributed by atoms with E-state index < -0.39 is 0 Å². The molecule has 2 aromatic carbocycles. The van der Waals surface area contributed by atoms with Crippen LogP contribution >= 0.6 is 0 Å². The van der Waals surface area contributed by atoms with Gasteiger partial charge in [0.2, 0.25) is 0 Å². The smallest absolute Gasteiger partial charge is 0.0384 e. The van der Waals surface area contributed by atoms with Crippen LogP contribution in [-0.2, 0) is 0 Å². The molecular weight excluding hydrogens is 170 g/mol. The van der Waals surface area contributed by atoms with Gasteiger partial charge in [-0.1, -0.05) is 36.4 Å². The summed E-state index contributed by atoms with van der Waals surface area (Å²) in [6, 6.07) is 20.3. The molecule has 0 heterocycles. The lowest BCUT2D eigenvalue weighted by atomic mass is 11.2. The quantitative estimate of drug-likeness (QED) is 0.748. The molecule has 0 saturated heterocycles. The first-order chi connectivity index (χ1) is 6.45. The summed E-state index contributed by atoms with van der Waals surface area (Å²) < 4.78 is 0. The highest BCUT2D eigenvalue weighted by molar-refractivity contribution is 5.58. The van der Waals surface area contributed by atoms with Gasteiger partial charge in [-0.3, -0.25) is 0 Å². The Morgan fingerprint density at radius 3 is 1.31 bits per heavy atom. The van der Waals surface area contributed by atoms with E-state index in [2.05, 4.69) is 5.32 Å². The molecular formula is C12H11N. The van der Waals surface area contributed by atoms with Crippen LogP contribution in [-0.4, -0.2) is 0 Å². The highest BCUT2D eigenvalue weighted by Gasteiger charge is 1.89. The average molecular weight is 181 g/mol. The molecule has 0 fully saturated rings. The van der Waals surface area contributed by atoms with Gasteiger partial charge >= 0.3 is 0 Å². The molecule has 0 aliphatic heterocycles. The zero-order chi connectivity index (χ0) is 8.93. The molecule has 1 heteroatoms. The second-order valence-electron chi connectivity index (χ2n) is 2.86. The third-order valence-electron chi connectivity index (χ3n) is 1.84. The van der Waals surface area contributed by atoms with Crippen LogP contribution in [0.4, 0.5) is 11.4 Å². The summed E-state index contributed by atoms with van der Waals surface area (Å²) in [6.45, 7) is 0. The molecule has 0 aromatic heterocycles. The molecule has 13 heavy (non-hydrogen) atoms. The largest absolute Gasteiger partial charge is 0.356 e. The van der Waals surface area contributed by atoms with Crippen LogP contribution in [0, 0.1) is 0 Å². The Morgan fingerprint density at radius 1 is 0.538 bits per heavy atom. The number of nitrogens with one attached hydrogen (secondary N) is 1. The maximum absolute atomic E-state index is 3.30. The third kappa shape index (κ3) is 2.09. The van der Waals surface area contributed by atoms with Crippen molar-refractivity contribution in [2.24, 2.45) is 0 Å². The van der Waals surface area contributed by atoms with Crippen molar-refractivity contribution in [3.8, 4) is 0 Å². The fourth-order valence-corrected chi connectivity index (χ4v) is 1.21. The summed E-state index contributed by atoms with van der Waals surface area (Å²) in [4.78, 5) is 0. The van der Waals surface area contributed by atoms with Gasteiger partial charge in [-0.2, -0.15) is 0 Å². The number of para-hydroxylation sites is 2. The highest BCUT2D eigenvalue weighted by atomic mass is 15.3. The number of benzene rings is 2. The number of hydrogen-bond acceptors (Lipinski definition) is 1. The van der Waals surface area contributed by atoms with E-state index in [0.717, 1.165) is 11.4 Å². The summed E-state index contributed by atoms with van der Waals surface area (Å²) in [7, 11) is 0. The van der Waals surface area contributed by atoms with Gasteiger partial charge < -0.3 is 5.32 Å². The molecule has 64 valence electrons. The van der Waals surface area contributed by atoms with Gasteiger partial charge in [0, 0.05) is 11.4 Å². The van der Waals surface area contributed by atoms with E-state index in [-0.39, 0.29) is 0 Å². The van der Waals surface area contributed by atoms with Crippen molar-refractivity contribution in [1.82, 2.24) is 0 Å². The molecule has 0 radical (unpaired) electrons. The molecule has 0 saturated carbocycles. The maximum atomic E-state index is 3.30. The van der Waals surface area contributed by atoms with E-state index in [4.69, 9.17) is 0 Å². The number of hydrogen-bond donors (Lipinski definition) is 1.